The predicted octanol–water partition coefficient (Wildman–Crippen LogP) is 5.37. The summed E-state index contributed by atoms with van der Waals surface area (Å²) in [6, 6.07) is 17.9. The maximum Gasteiger partial charge on any atom is 0.253 e. The predicted molar refractivity (Wildman–Crippen MR) is 165 cm³/mol. The van der Waals surface area contributed by atoms with Crippen molar-refractivity contribution >= 4 is 17.3 Å². The van der Waals surface area contributed by atoms with E-state index in [4.69, 9.17) is 0 Å². The van der Waals surface area contributed by atoms with E-state index < -0.39 is 0 Å². The summed E-state index contributed by atoms with van der Waals surface area (Å²) < 4.78 is 0. The van der Waals surface area contributed by atoms with Crippen LogP contribution in [0.1, 0.15) is 48.9 Å². The zero-order valence-electron chi connectivity index (χ0n) is 24.3. The fourth-order valence-electron chi connectivity index (χ4n) is 5.70. The number of nitrogens with zero attached hydrogens (tertiary/aromatic N) is 5. The Morgan fingerprint density at radius 2 is 1.25 bits per heavy atom. The first kappa shape index (κ1) is 29.5. The number of piperidine rings is 2. The number of nitrogens with one attached hydrogen (secondary N) is 1. The number of rotatable bonds is 9. The topological polar surface area (TPSA) is 64.6 Å². The van der Waals surface area contributed by atoms with Gasteiger partial charge in [0.2, 0.25) is 0 Å². The molecule has 1 N–H and O–H groups in total. The summed E-state index contributed by atoms with van der Waals surface area (Å²) in [6.45, 7) is 6.54. The van der Waals surface area contributed by atoms with Crippen molar-refractivity contribution in [1.29, 1.82) is 0 Å². The number of carbonyl (C=O) groups is 1. The van der Waals surface area contributed by atoms with Crippen LogP contribution in [0.15, 0.2) is 79.4 Å². The van der Waals surface area contributed by atoms with Gasteiger partial charge in [0.05, 0.1) is 0 Å². The maximum atomic E-state index is 12.4. The van der Waals surface area contributed by atoms with Gasteiger partial charge >= 0.3 is 0 Å². The van der Waals surface area contributed by atoms with Crippen LogP contribution in [0.2, 0.25) is 0 Å². The van der Waals surface area contributed by atoms with E-state index in [1.807, 2.05) is 74.1 Å². The Morgan fingerprint density at radius 1 is 0.775 bits per heavy atom. The molecule has 0 bridgehead atoms. The monoisotopic (exact) mass is 542 g/mol. The third-order valence-corrected chi connectivity index (χ3v) is 8.33. The van der Waals surface area contributed by atoms with E-state index in [1.165, 1.54) is 56.6 Å². The molecule has 7 heteroatoms. The van der Waals surface area contributed by atoms with Crippen LogP contribution >= 0.6 is 0 Å². The van der Waals surface area contributed by atoms with E-state index in [0.717, 1.165) is 44.1 Å². The van der Waals surface area contributed by atoms with Crippen molar-refractivity contribution in [2.45, 2.75) is 38.5 Å². The number of hydrogen-bond acceptors (Lipinski definition) is 6. The van der Waals surface area contributed by atoms with Gasteiger partial charge in [-0.1, -0.05) is 18.2 Å². The maximum absolute atomic E-state index is 12.4. The second kappa shape index (κ2) is 16.0. The molecule has 2 aliphatic heterocycles. The van der Waals surface area contributed by atoms with Crippen LogP contribution in [0.5, 0.6) is 0 Å². The molecule has 2 saturated heterocycles. The molecule has 5 rings (SSSR count). The summed E-state index contributed by atoms with van der Waals surface area (Å²) in [5.74, 6) is 1.73. The van der Waals surface area contributed by atoms with Crippen LogP contribution in [0.4, 0.5) is 11.4 Å². The van der Waals surface area contributed by atoms with Crippen LogP contribution in [0, 0.1) is 11.8 Å². The molecule has 7 nitrogen and oxygen atoms in total. The van der Waals surface area contributed by atoms with Gasteiger partial charge in [-0.2, -0.15) is 0 Å². The van der Waals surface area contributed by atoms with Gasteiger partial charge in [0.1, 0.15) is 0 Å². The van der Waals surface area contributed by atoms with E-state index >= 15 is 0 Å². The van der Waals surface area contributed by atoms with Crippen molar-refractivity contribution in [3.05, 3.63) is 84.9 Å². The summed E-state index contributed by atoms with van der Waals surface area (Å²) in [6.07, 6.45) is 14.9. The number of anilines is 2. The third-order valence-electron chi connectivity index (χ3n) is 8.33. The van der Waals surface area contributed by atoms with E-state index in [0.29, 0.717) is 5.92 Å². The Bertz CT molecular complexity index is 1100. The molecule has 0 radical (unpaired) electrons. The minimum Gasteiger partial charge on any atom is -0.371 e. The van der Waals surface area contributed by atoms with Crippen molar-refractivity contribution in [2.75, 3.05) is 63.2 Å². The largest absolute Gasteiger partial charge is 0.371 e. The molecule has 0 unspecified atom stereocenters. The van der Waals surface area contributed by atoms with Gasteiger partial charge in [0.15, 0.2) is 0 Å². The van der Waals surface area contributed by atoms with Crippen molar-refractivity contribution in [1.82, 2.24) is 20.2 Å². The van der Waals surface area contributed by atoms with Crippen molar-refractivity contribution in [2.24, 2.45) is 11.8 Å². The second-order valence-electron chi connectivity index (χ2n) is 11.0. The molecule has 1 aromatic carbocycles. The first-order valence-electron chi connectivity index (χ1n) is 14.9. The van der Waals surface area contributed by atoms with E-state index in [1.54, 1.807) is 0 Å². The highest BCUT2D eigenvalue weighted by molar-refractivity contribution is 5.93. The Labute approximate surface area is 240 Å². The number of benzene rings is 1. The van der Waals surface area contributed by atoms with E-state index in [-0.39, 0.29) is 5.91 Å². The number of hydrogen-bond donors (Lipinski definition) is 1. The van der Waals surface area contributed by atoms with Gasteiger partial charge in [0, 0.05) is 81.5 Å². The third kappa shape index (κ3) is 9.05. The Morgan fingerprint density at radius 3 is 1.73 bits per heavy atom. The first-order valence-corrected chi connectivity index (χ1v) is 14.9. The molecule has 0 atom stereocenters. The lowest BCUT2D eigenvalue weighted by Gasteiger charge is -2.34. The zero-order valence-corrected chi connectivity index (χ0v) is 24.3. The van der Waals surface area contributed by atoms with Crippen molar-refractivity contribution in [3.8, 4) is 0 Å². The number of amides is 1. The summed E-state index contributed by atoms with van der Waals surface area (Å²) in [4.78, 5) is 27.3. The Kier molecular flexibility index (Phi) is 11.8. The summed E-state index contributed by atoms with van der Waals surface area (Å²) in [7, 11) is 3.94. The standard InChI is InChI=1S/C20H25N3O.C13H21N3/c1-22(20(24)18-5-3-2-4-6-18)14-9-17-10-15-23(16-11-17)19-7-12-21-13-8-19;1-14-7-2-12-5-10-16(11-6-12)13-3-8-15-9-4-13/h2-8,12-13,17H,9-11,14-16H2,1H3;3-4,8-9,12,14H,2,5-7,10-11H2,1H3. The summed E-state index contributed by atoms with van der Waals surface area (Å²) >= 11 is 0. The zero-order chi connectivity index (χ0) is 28.0. The molecule has 214 valence electrons. The molecule has 0 spiro atoms. The summed E-state index contributed by atoms with van der Waals surface area (Å²) in [5.41, 5.74) is 3.36. The second-order valence-corrected chi connectivity index (χ2v) is 11.0. The molecule has 2 aromatic heterocycles. The highest BCUT2D eigenvalue weighted by Gasteiger charge is 2.21. The van der Waals surface area contributed by atoms with Crippen LogP contribution in [0.25, 0.3) is 0 Å². The van der Waals surface area contributed by atoms with Crippen LogP contribution in [-0.2, 0) is 0 Å². The number of carbonyl (C=O) groups excluding carboxylic acids is 1. The van der Waals surface area contributed by atoms with E-state index in [9.17, 15) is 4.79 Å². The number of pyridine rings is 2. The normalized spacial score (nSPS) is 16.2. The average Bonchev–Trinajstić information content (AvgIpc) is 3.04. The van der Waals surface area contributed by atoms with Gasteiger partial charge in [0.25, 0.3) is 5.91 Å². The van der Waals surface area contributed by atoms with Gasteiger partial charge in [-0.15, -0.1) is 0 Å². The molecule has 40 heavy (non-hydrogen) atoms. The van der Waals surface area contributed by atoms with Crippen molar-refractivity contribution < 1.29 is 4.79 Å². The first-order chi connectivity index (χ1) is 19.6. The summed E-state index contributed by atoms with van der Waals surface area (Å²) in [5, 5.41) is 3.24. The van der Waals surface area contributed by atoms with Gasteiger partial charge in [-0.25, -0.2) is 0 Å². The lowest BCUT2D eigenvalue weighted by molar-refractivity contribution is 0.0785. The smallest absolute Gasteiger partial charge is 0.253 e. The molecule has 0 saturated carbocycles. The highest BCUT2D eigenvalue weighted by atomic mass is 16.2. The molecule has 4 heterocycles. The Balaban J connectivity index is 0.000000201. The number of aromatic nitrogens is 2. The minimum absolute atomic E-state index is 0.116. The van der Waals surface area contributed by atoms with Crippen LogP contribution < -0.4 is 15.1 Å². The molecule has 2 fully saturated rings. The molecule has 2 aliphatic rings. The average molecular weight is 543 g/mol. The molecule has 3 aromatic rings. The lowest BCUT2D eigenvalue weighted by Crippen LogP contribution is -2.35. The molecule has 1 amide bonds. The minimum atomic E-state index is 0.116. The van der Waals surface area contributed by atoms with E-state index in [2.05, 4.69) is 49.4 Å². The van der Waals surface area contributed by atoms with Gasteiger partial charge < -0.3 is 20.0 Å². The van der Waals surface area contributed by atoms with Crippen molar-refractivity contribution in [3.63, 3.8) is 0 Å². The fourth-order valence-corrected chi connectivity index (χ4v) is 5.70. The van der Waals surface area contributed by atoms with Crippen LogP contribution in [0.3, 0.4) is 0 Å². The molecule has 0 aliphatic carbocycles. The highest BCUT2D eigenvalue weighted by Crippen LogP contribution is 2.26. The quantitative estimate of drug-likeness (QED) is 0.392. The van der Waals surface area contributed by atoms with Gasteiger partial charge in [-0.3, -0.25) is 14.8 Å². The SMILES string of the molecule is CN(CCC1CCN(c2ccncc2)CC1)C(=O)c1ccccc1.CNCCC1CCN(c2ccncc2)CC1. The Hall–Kier alpha value is -3.45. The van der Waals surface area contributed by atoms with Crippen LogP contribution in [-0.4, -0.2) is 74.1 Å². The molecular weight excluding hydrogens is 496 g/mol. The molecular formula is C33H46N6O. The lowest BCUT2D eigenvalue weighted by atomic mass is 9.93. The van der Waals surface area contributed by atoms with Gasteiger partial charge in [-0.05, 0) is 100 Å². The fraction of sp³-hybridized carbons (Fsp3) is 0.485.